The predicted molar refractivity (Wildman–Crippen MR) is 91.2 cm³/mol. The molecule has 0 aliphatic rings. The normalized spacial score (nSPS) is 11.8. The first-order chi connectivity index (χ1) is 12.1. The fourth-order valence-corrected chi connectivity index (χ4v) is 6.33. The summed E-state index contributed by atoms with van der Waals surface area (Å²) in [6.07, 6.45) is 0. The number of rotatable bonds is 3. The Morgan fingerprint density at radius 1 is 1.08 bits per heavy atom. The third kappa shape index (κ3) is 3.45. The van der Waals surface area contributed by atoms with E-state index in [1.165, 1.54) is 19.1 Å². The van der Waals surface area contributed by atoms with Crippen LogP contribution in [-0.2, 0) is 26.3 Å². The van der Waals surface area contributed by atoms with E-state index in [1.807, 2.05) is 0 Å². The molecule has 138 valence electrons. The maximum absolute atomic E-state index is 13.0. The monoisotopic (exact) mass is 398 g/mol. The minimum Gasteiger partial charge on any atom is -0.392 e. The van der Waals surface area contributed by atoms with Gasteiger partial charge in [0.25, 0.3) is 19.7 Å². The lowest BCUT2D eigenvalue weighted by molar-refractivity contribution is 0.00379. The Morgan fingerprint density at radius 3 is 2.15 bits per heavy atom. The molecule has 10 heteroatoms. The highest BCUT2D eigenvalue weighted by Gasteiger charge is 2.45. The molecule has 0 aromatic heterocycles. The van der Waals surface area contributed by atoms with Crippen molar-refractivity contribution in [1.82, 2.24) is 0 Å². The standard InChI is InChI=1S/C16H15FN2O5S2/c1-10-7-11(2)15(12(8-10)9-20)26(23,24)16(19-18)25(21,22)14-5-3-13(17)4-6-14/h3-8,20H,9H2,1-2H3. The third-order valence-electron chi connectivity index (χ3n) is 3.60. The zero-order chi connectivity index (χ0) is 19.7. The highest BCUT2D eigenvalue weighted by Crippen LogP contribution is 2.27. The highest BCUT2D eigenvalue weighted by molar-refractivity contribution is 8.31. The molecular formula is C16H15FN2O5S2. The second-order valence-electron chi connectivity index (χ2n) is 5.55. The van der Waals surface area contributed by atoms with Gasteiger partial charge < -0.3 is 10.6 Å². The first-order valence-corrected chi connectivity index (χ1v) is 10.2. The van der Waals surface area contributed by atoms with Gasteiger partial charge in [-0.25, -0.2) is 21.2 Å². The van der Waals surface area contributed by atoms with E-state index >= 15 is 0 Å². The molecular weight excluding hydrogens is 383 g/mol. The minimum absolute atomic E-state index is 0.0297. The van der Waals surface area contributed by atoms with Gasteiger partial charge in [0.05, 0.1) is 16.4 Å². The van der Waals surface area contributed by atoms with Crippen molar-refractivity contribution in [2.45, 2.75) is 30.2 Å². The molecule has 0 radical (unpaired) electrons. The largest absolute Gasteiger partial charge is 0.504 e. The van der Waals surface area contributed by atoms with Gasteiger partial charge in [-0.05, 0) is 49.2 Å². The zero-order valence-corrected chi connectivity index (χ0v) is 15.5. The Balaban J connectivity index is 2.76. The van der Waals surface area contributed by atoms with Crippen LogP contribution in [0.1, 0.15) is 16.7 Å². The summed E-state index contributed by atoms with van der Waals surface area (Å²) < 4.78 is 62.6. The van der Waals surface area contributed by atoms with Gasteiger partial charge in [-0.2, -0.15) is 0 Å². The van der Waals surface area contributed by atoms with Gasteiger partial charge in [0, 0.05) is 0 Å². The minimum atomic E-state index is -4.80. The molecule has 2 aromatic rings. The maximum atomic E-state index is 13.0. The lowest BCUT2D eigenvalue weighted by Crippen LogP contribution is -2.27. The van der Waals surface area contributed by atoms with Crippen molar-refractivity contribution in [3.05, 3.63) is 64.4 Å². The summed E-state index contributed by atoms with van der Waals surface area (Å²) in [4.78, 5) is 1.51. The fourth-order valence-electron chi connectivity index (χ4n) is 2.60. The van der Waals surface area contributed by atoms with E-state index < -0.39 is 46.3 Å². The van der Waals surface area contributed by atoms with Crippen LogP contribution in [-0.4, -0.2) is 31.1 Å². The molecule has 0 heterocycles. The van der Waals surface area contributed by atoms with Crippen molar-refractivity contribution < 1.29 is 31.1 Å². The molecule has 0 saturated heterocycles. The molecule has 0 amide bonds. The Morgan fingerprint density at radius 2 is 1.65 bits per heavy atom. The molecule has 7 nitrogen and oxygen atoms in total. The van der Waals surface area contributed by atoms with Crippen LogP contribution in [0.15, 0.2) is 46.2 Å². The number of sulfone groups is 2. The quantitative estimate of drug-likeness (QED) is 0.277. The number of aliphatic hydroxyl groups excluding tert-OH is 1. The molecule has 0 saturated carbocycles. The van der Waals surface area contributed by atoms with Gasteiger partial charge >= 0.3 is 4.38 Å². The van der Waals surface area contributed by atoms with Crippen LogP contribution in [0.25, 0.3) is 5.53 Å². The van der Waals surface area contributed by atoms with Crippen LogP contribution in [0.4, 0.5) is 4.39 Å². The Labute approximate surface area is 150 Å². The molecule has 0 atom stereocenters. The average molecular weight is 398 g/mol. The second-order valence-corrected chi connectivity index (χ2v) is 9.48. The van der Waals surface area contributed by atoms with Crippen molar-refractivity contribution in [1.29, 1.82) is 0 Å². The molecule has 2 rings (SSSR count). The van der Waals surface area contributed by atoms with E-state index in [0.29, 0.717) is 5.56 Å². The summed E-state index contributed by atoms with van der Waals surface area (Å²) >= 11 is 0. The number of aryl methyl sites for hydroxylation is 2. The predicted octanol–water partition coefficient (Wildman–Crippen LogP) is 1.77. The van der Waals surface area contributed by atoms with E-state index in [2.05, 4.69) is 4.79 Å². The smallest absolute Gasteiger partial charge is 0.392 e. The fraction of sp³-hybridized carbons (Fsp3) is 0.188. The first-order valence-electron chi connectivity index (χ1n) is 7.24. The van der Waals surface area contributed by atoms with Crippen molar-refractivity contribution in [3.8, 4) is 0 Å². The summed E-state index contributed by atoms with van der Waals surface area (Å²) in [5.74, 6) is -0.716. The summed E-state index contributed by atoms with van der Waals surface area (Å²) in [6.45, 7) is 2.45. The molecule has 2 aromatic carbocycles. The summed E-state index contributed by atoms with van der Waals surface area (Å²) in [5.41, 5.74) is 9.99. The van der Waals surface area contributed by atoms with Crippen LogP contribution in [0.3, 0.4) is 0 Å². The zero-order valence-electron chi connectivity index (χ0n) is 13.8. The molecule has 26 heavy (non-hydrogen) atoms. The molecule has 1 N–H and O–H groups in total. The SMILES string of the molecule is Cc1cc(C)c(S(=O)(=O)C(=[N+]=[N-])S(=O)(=O)c2ccc(F)cc2)c(CO)c1. The van der Waals surface area contributed by atoms with E-state index in [-0.39, 0.29) is 11.1 Å². The van der Waals surface area contributed by atoms with Crippen LogP contribution in [0.2, 0.25) is 0 Å². The van der Waals surface area contributed by atoms with Crippen LogP contribution in [0.5, 0.6) is 0 Å². The van der Waals surface area contributed by atoms with Crippen LogP contribution < -0.4 is 0 Å². The van der Waals surface area contributed by atoms with E-state index in [0.717, 1.165) is 24.3 Å². The maximum Gasteiger partial charge on any atom is 0.504 e. The number of nitrogens with zero attached hydrogens (tertiary/aromatic N) is 2. The Hall–Kier alpha value is -2.39. The molecule has 0 unspecified atom stereocenters. The van der Waals surface area contributed by atoms with Crippen molar-refractivity contribution in [2.75, 3.05) is 0 Å². The van der Waals surface area contributed by atoms with Crippen LogP contribution >= 0.6 is 0 Å². The molecule has 0 spiro atoms. The number of hydrogen-bond donors (Lipinski definition) is 1. The number of aliphatic hydroxyl groups is 1. The number of hydrogen-bond acceptors (Lipinski definition) is 5. The van der Waals surface area contributed by atoms with E-state index in [4.69, 9.17) is 0 Å². The second kappa shape index (κ2) is 7.08. The topological polar surface area (TPSA) is 125 Å². The molecule has 0 fully saturated rings. The molecule has 0 aliphatic carbocycles. The Kier molecular flexibility index (Phi) is 5.43. The van der Waals surface area contributed by atoms with Crippen molar-refractivity contribution in [3.63, 3.8) is 0 Å². The summed E-state index contributed by atoms with van der Waals surface area (Å²) in [7, 11) is -9.56. The summed E-state index contributed by atoms with van der Waals surface area (Å²) in [5, 5.41) is 9.48. The first kappa shape index (κ1) is 19.9. The lowest BCUT2D eigenvalue weighted by atomic mass is 10.1. The highest BCUT2D eigenvalue weighted by atomic mass is 32.3. The van der Waals surface area contributed by atoms with Gasteiger partial charge in [-0.1, -0.05) is 17.7 Å². The van der Waals surface area contributed by atoms with Crippen molar-refractivity contribution >= 4 is 24.1 Å². The number of benzene rings is 2. The van der Waals surface area contributed by atoms with Gasteiger partial charge in [-0.3, -0.25) is 0 Å². The van der Waals surface area contributed by atoms with Gasteiger partial charge in [0.1, 0.15) is 5.82 Å². The van der Waals surface area contributed by atoms with Gasteiger partial charge in [-0.15, -0.1) is 4.79 Å². The summed E-state index contributed by atoms with van der Waals surface area (Å²) in [6, 6.07) is 6.28. The van der Waals surface area contributed by atoms with E-state index in [9.17, 15) is 31.9 Å². The molecule has 0 aliphatic heterocycles. The average Bonchev–Trinajstić information content (AvgIpc) is 2.54. The Bertz CT molecular complexity index is 1120. The third-order valence-corrected chi connectivity index (χ3v) is 8.01. The van der Waals surface area contributed by atoms with Crippen LogP contribution in [0, 0.1) is 19.7 Å². The number of halogens is 1. The molecule has 0 bridgehead atoms. The van der Waals surface area contributed by atoms with Gasteiger partial charge in [0.15, 0.2) is 0 Å². The lowest BCUT2D eigenvalue weighted by Gasteiger charge is -2.11. The van der Waals surface area contributed by atoms with Crippen molar-refractivity contribution in [2.24, 2.45) is 0 Å². The van der Waals surface area contributed by atoms with Gasteiger partial charge in [0.2, 0.25) is 0 Å². The van der Waals surface area contributed by atoms with E-state index in [1.54, 1.807) is 6.92 Å².